The summed E-state index contributed by atoms with van der Waals surface area (Å²) in [6, 6.07) is 7.00. The summed E-state index contributed by atoms with van der Waals surface area (Å²) in [5.74, 6) is 0.976. The summed E-state index contributed by atoms with van der Waals surface area (Å²) in [7, 11) is 3.66. The lowest BCUT2D eigenvalue weighted by molar-refractivity contribution is -0.133. The number of nitrogens with one attached hydrogen (secondary N) is 1. The first-order valence-electron chi connectivity index (χ1n) is 11.5. The lowest BCUT2D eigenvalue weighted by Crippen LogP contribution is -2.52. The van der Waals surface area contributed by atoms with Gasteiger partial charge in [0.05, 0.1) is 11.7 Å². The minimum Gasteiger partial charge on any atom is -0.366 e. The van der Waals surface area contributed by atoms with Crippen LogP contribution in [-0.2, 0) is 4.79 Å². The minimum atomic E-state index is -0.163. The first kappa shape index (κ1) is 26.6. The highest BCUT2D eigenvalue weighted by atomic mass is 127. The molecule has 2 fully saturated rings. The van der Waals surface area contributed by atoms with Gasteiger partial charge in [0.15, 0.2) is 5.96 Å². The van der Waals surface area contributed by atoms with Gasteiger partial charge < -0.3 is 20.0 Å². The van der Waals surface area contributed by atoms with E-state index < -0.39 is 0 Å². The number of piperazine rings is 1. The molecule has 9 heteroatoms. The topological polar surface area (TPSA) is 54.4 Å². The number of aliphatic imine (C=N–C) groups is 1. The zero-order chi connectivity index (χ0) is 22.2. The predicted molar refractivity (Wildman–Crippen MR) is 139 cm³/mol. The summed E-state index contributed by atoms with van der Waals surface area (Å²) < 4.78 is 14.1. The number of anilines is 1. The molecule has 32 heavy (non-hydrogen) atoms. The SMILES string of the molecule is CCNC(=NCCCN1CCCC1C(=O)N(C)C)N1CCN(c2ccccc2F)CC1.I. The Morgan fingerprint density at radius 3 is 2.56 bits per heavy atom. The number of para-hydroxylation sites is 1. The van der Waals surface area contributed by atoms with E-state index in [1.54, 1.807) is 11.0 Å². The van der Waals surface area contributed by atoms with Crippen LogP contribution in [0.25, 0.3) is 0 Å². The van der Waals surface area contributed by atoms with Crippen molar-refractivity contribution < 1.29 is 9.18 Å². The smallest absolute Gasteiger partial charge is 0.239 e. The third kappa shape index (κ3) is 6.94. The monoisotopic (exact) mass is 560 g/mol. The number of guanidine groups is 1. The van der Waals surface area contributed by atoms with Crippen LogP contribution in [-0.4, -0.2) is 99.1 Å². The van der Waals surface area contributed by atoms with Gasteiger partial charge in [-0.05, 0) is 44.9 Å². The van der Waals surface area contributed by atoms with Crippen LogP contribution >= 0.6 is 24.0 Å². The average molecular weight is 561 g/mol. The zero-order valence-electron chi connectivity index (χ0n) is 19.6. The Hall–Kier alpha value is -1.62. The molecule has 7 nitrogen and oxygen atoms in total. The third-order valence-electron chi connectivity index (χ3n) is 6.06. The van der Waals surface area contributed by atoms with Crippen molar-refractivity contribution in [3.8, 4) is 0 Å². The van der Waals surface area contributed by atoms with Crippen LogP contribution < -0.4 is 10.2 Å². The molecule has 0 radical (unpaired) electrons. The summed E-state index contributed by atoms with van der Waals surface area (Å²) in [6.45, 7) is 8.68. The fourth-order valence-corrected chi connectivity index (χ4v) is 4.42. The highest BCUT2D eigenvalue weighted by Crippen LogP contribution is 2.21. The molecule has 0 saturated carbocycles. The molecule has 1 N–H and O–H groups in total. The number of hydrogen-bond donors (Lipinski definition) is 1. The van der Waals surface area contributed by atoms with Crippen molar-refractivity contribution >= 4 is 41.5 Å². The Morgan fingerprint density at radius 2 is 1.91 bits per heavy atom. The standard InChI is InChI=1S/C23H37FN6O.HI/c1-4-25-23(26-12-8-14-28-13-7-11-21(28)22(31)27(2)3)30-17-15-29(16-18-30)20-10-6-5-9-19(20)24;/h5-6,9-10,21H,4,7-8,11-18H2,1-3H3,(H,25,26);1H. The van der Waals surface area contributed by atoms with Gasteiger partial charge in [-0.25, -0.2) is 4.39 Å². The molecule has 3 rings (SSSR count). The van der Waals surface area contributed by atoms with Gasteiger partial charge in [0.25, 0.3) is 0 Å². The van der Waals surface area contributed by atoms with Crippen LogP contribution in [0, 0.1) is 5.82 Å². The Kier molecular flexibility index (Phi) is 11.0. The molecule has 1 unspecified atom stereocenters. The molecule has 0 aliphatic carbocycles. The highest BCUT2D eigenvalue weighted by molar-refractivity contribution is 14.0. The van der Waals surface area contributed by atoms with Crippen molar-refractivity contribution in [2.75, 3.05) is 71.4 Å². The van der Waals surface area contributed by atoms with Gasteiger partial charge >= 0.3 is 0 Å². The third-order valence-corrected chi connectivity index (χ3v) is 6.06. The summed E-state index contributed by atoms with van der Waals surface area (Å²) in [4.78, 5) is 25.6. The van der Waals surface area contributed by atoms with Crippen LogP contribution in [0.4, 0.5) is 10.1 Å². The number of hydrogen-bond acceptors (Lipinski definition) is 4. The van der Waals surface area contributed by atoms with Gasteiger partial charge in [0.2, 0.25) is 5.91 Å². The lowest BCUT2D eigenvalue weighted by Gasteiger charge is -2.37. The highest BCUT2D eigenvalue weighted by Gasteiger charge is 2.31. The number of carbonyl (C=O) groups excluding carboxylic acids is 1. The fraction of sp³-hybridized carbons (Fsp3) is 0.652. The summed E-state index contributed by atoms with van der Waals surface area (Å²) >= 11 is 0. The Labute approximate surface area is 209 Å². The number of carbonyl (C=O) groups is 1. The van der Waals surface area contributed by atoms with E-state index in [9.17, 15) is 9.18 Å². The maximum atomic E-state index is 14.1. The number of amides is 1. The maximum absolute atomic E-state index is 14.1. The van der Waals surface area contributed by atoms with Gasteiger partial charge in [0, 0.05) is 59.9 Å². The van der Waals surface area contributed by atoms with Crippen LogP contribution in [0.1, 0.15) is 26.2 Å². The lowest BCUT2D eigenvalue weighted by atomic mass is 10.2. The van der Waals surface area contributed by atoms with Crippen molar-refractivity contribution in [2.45, 2.75) is 32.2 Å². The van der Waals surface area contributed by atoms with E-state index in [1.165, 1.54) is 6.07 Å². The van der Waals surface area contributed by atoms with E-state index in [0.29, 0.717) is 5.69 Å². The second-order valence-electron chi connectivity index (χ2n) is 8.44. The van der Waals surface area contributed by atoms with Crippen LogP contribution in [0.3, 0.4) is 0 Å². The largest absolute Gasteiger partial charge is 0.366 e. The van der Waals surface area contributed by atoms with Crippen LogP contribution in [0.5, 0.6) is 0 Å². The minimum absolute atomic E-state index is 0. The number of likely N-dealkylation sites (N-methyl/N-ethyl adjacent to an activating group) is 1. The van der Waals surface area contributed by atoms with E-state index in [1.807, 2.05) is 26.2 Å². The van der Waals surface area contributed by atoms with E-state index >= 15 is 0 Å². The summed E-state index contributed by atoms with van der Waals surface area (Å²) in [5.41, 5.74) is 0.677. The Morgan fingerprint density at radius 1 is 1.19 bits per heavy atom. The molecule has 0 bridgehead atoms. The molecule has 1 atom stereocenters. The van der Waals surface area contributed by atoms with E-state index in [0.717, 1.165) is 77.6 Å². The Balaban J connectivity index is 0.00000363. The fourth-order valence-electron chi connectivity index (χ4n) is 4.42. The van der Waals surface area contributed by atoms with Gasteiger partial charge in [-0.2, -0.15) is 0 Å². The molecule has 1 amide bonds. The first-order chi connectivity index (χ1) is 15.0. The van der Waals surface area contributed by atoms with Crippen molar-refractivity contribution in [3.05, 3.63) is 30.1 Å². The van der Waals surface area contributed by atoms with Crippen molar-refractivity contribution in [2.24, 2.45) is 4.99 Å². The molecule has 180 valence electrons. The molecule has 0 spiro atoms. The second-order valence-corrected chi connectivity index (χ2v) is 8.44. The maximum Gasteiger partial charge on any atom is 0.239 e. The molecule has 2 saturated heterocycles. The predicted octanol–water partition coefficient (Wildman–Crippen LogP) is 2.47. The molecular weight excluding hydrogens is 522 g/mol. The molecule has 0 aromatic heterocycles. The molecule has 2 aliphatic rings. The van der Waals surface area contributed by atoms with Crippen molar-refractivity contribution in [1.82, 2.24) is 20.0 Å². The first-order valence-corrected chi connectivity index (χ1v) is 11.5. The quantitative estimate of drug-likeness (QED) is 0.241. The van der Waals surface area contributed by atoms with Crippen molar-refractivity contribution in [1.29, 1.82) is 0 Å². The zero-order valence-corrected chi connectivity index (χ0v) is 21.9. The van der Waals surface area contributed by atoms with E-state index in [-0.39, 0.29) is 41.7 Å². The van der Waals surface area contributed by atoms with Gasteiger partial charge in [-0.3, -0.25) is 14.7 Å². The molecule has 2 heterocycles. The van der Waals surface area contributed by atoms with E-state index in [2.05, 4.69) is 26.9 Å². The normalized spacial score (nSPS) is 19.6. The van der Waals surface area contributed by atoms with Crippen LogP contribution in [0.15, 0.2) is 29.3 Å². The summed E-state index contributed by atoms with van der Waals surface area (Å²) in [6.07, 6.45) is 2.97. The number of benzene rings is 1. The van der Waals surface area contributed by atoms with Gasteiger partial charge in [0.1, 0.15) is 5.82 Å². The van der Waals surface area contributed by atoms with Crippen LogP contribution in [0.2, 0.25) is 0 Å². The average Bonchev–Trinajstić information content (AvgIpc) is 3.24. The van der Waals surface area contributed by atoms with Gasteiger partial charge in [-0.15, -0.1) is 24.0 Å². The van der Waals surface area contributed by atoms with E-state index in [4.69, 9.17) is 4.99 Å². The number of halogens is 2. The number of likely N-dealkylation sites (tertiary alicyclic amines) is 1. The van der Waals surface area contributed by atoms with Gasteiger partial charge in [-0.1, -0.05) is 12.1 Å². The number of nitrogens with zero attached hydrogens (tertiary/aromatic N) is 5. The second kappa shape index (κ2) is 13.2. The number of rotatable bonds is 7. The molecule has 1 aromatic rings. The molecule has 2 aliphatic heterocycles. The molecule has 1 aromatic carbocycles. The Bertz CT molecular complexity index is 754. The summed E-state index contributed by atoms with van der Waals surface area (Å²) in [5, 5.41) is 3.40. The van der Waals surface area contributed by atoms with Crippen molar-refractivity contribution in [3.63, 3.8) is 0 Å². The molecular formula is C23H38FIN6O.